The van der Waals surface area contributed by atoms with E-state index in [1.165, 1.54) is 0 Å². The number of aliphatic hydroxyl groups excluding tert-OH is 1. The Morgan fingerprint density at radius 1 is 1.05 bits per heavy atom. The maximum absolute atomic E-state index is 12.3. The highest BCUT2D eigenvalue weighted by molar-refractivity contribution is 5.83. The van der Waals surface area contributed by atoms with Gasteiger partial charge in [0.25, 0.3) is 0 Å². The van der Waals surface area contributed by atoms with E-state index in [0.29, 0.717) is 6.42 Å². The van der Waals surface area contributed by atoms with E-state index < -0.39 is 6.10 Å². The van der Waals surface area contributed by atoms with E-state index in [2.05, 4.69) is 5.32 Å². The summed E-state index contributed by atoms with van der Waals surface area (Å²) in [5, 5.41) is 12.9. The van der Waals surface area contributed by atoms with Crippen molar-refractivity contribution in [2.24, 2.45) is 0 Å². The smallest absolute Gasteiger partial charge is 0.227 e. The van der Waals surface area contributed by atoms with Gasteiger partial charge in [-0.3, -0.25) is 4.79 Å². The summed E-state index contributed by atoms with van der Waals surface area (Å²) in [6.45, 7) is 2.27. The summed E-state index contributed by atoms with van der Waals surface area (Å²) in [4.78, 5) is 12.3. The predicted octanol–water partition coefficient (Wildman–Crippen LogP) is 2.90. The zero-order valence-electron chi connectivity index (χ0n) is 12.9. The van der Waals surface area contributed by atoms with Crippen LogP contribution in [0.3, 0.4) is 0 Å². The van der Waals surface area contributed by atoms with Gasteiger partial charge in [-0.25, -0.2) is 0 Å². The predicted molar refractivity (Wildman–Crippen MR) is 88.6 cm³/mol. The van der Waals surface area contributed by atoms with Gasteiger partial charge in [0.05, 0.1) is 12.0 Å². The molecule has 0 bridgehead atoms. The first-order valence-electron chi connectivity index (χ1n) is 7.75. The number of amides is 1. The fourth-order valence-corrected chi connectivity index (χ4v) is 2.56. The second-order valence-electron chi connectivity index (χ2n) is 5.46. The molecule has 0 aromatic heterocycles. The van der Waals surface area contributed by atoms with Crippen molar-refractivity contribution in [3.05, 3.63) is 71.8 Å². The van der Waals surface area contributed by atoms with Crippen LogP contribution >= 0.6 is 0 Å². The molecule has 0 radical (unpaired) electrons. The topological polar surface area (TPSA) is 49.3 Å². The summed E-state index contributed by atoms with van der Waals surface area (Å²) < 4.78 is 0. The van der Waals surface area contributed by atoms with Gasteiger partial charge in [0, 0.05) is 13.0 Å². The molecule has 2 N–H and O–H groups in total. The van der Waals surface area contributed by atoms with Gasteiger partial charge in [-0.1, -0.05) is 67.6 Å². The van der Waals surface area contributed by atoms with E-state index in [0.717, 1.165) is 17.5 Å². The van der Waals surface area contributed by atoms with Crippen LogP contribution in [0.4, 0.5) is 0 Å². The molecule has 116 valence electrons. The Kier molecular flexibility index (Phi) is 6.16. The zero-order valence-corrected chi connectivity index (χ0v) is 12.9. The summed E-state index contributed by atoms with van der Waals surface area (Å²) in [7, 11) is 0. The Morgan fingerprint density at radius 2 is 1.64 bits per heavy atom. The lowest BCUT2D eigenvalue weighted by Crippen LogP contribution is -2.36. The van der Waals surface area contributed by atoms with Gasteiger partial charge in [-0.15, -0.1) is 0 Å². The summed E-state index contributed by atoms with van der Waals surface area (Å²) in [6, 6.07) is 19.6. The molecule has 0 heterocycles. The van der Waals surface area contributed by atoms with Gasteiger partial charge in [-0.2, -0.15) is 0 Å². The molecule has 2 aromatic rings. The number of nitrogens with one attached hydrogen (secondary N) is 1. The van der Waals surface area contributed by atoms with Crippen molar-refractivity contribution in [3.63, 3.8) is 0 Å². The fourth-order valence-electron chi connectivity index (χ4n) is 2.56. The minimum atomic E-state index is -0.570. The Morgan fingerprint density at radius 3 is 2.23 bits per heavy atom. The highest BCUT2D eigenvalue weighted by atomic mass is 16.3. The van der Waals surface area contributed by atoms with E-state index in [1.54, 1.807) is 0 Å². The van der Waals surface area contributed by atoms with Crippen molar-refractivity contribution in [2.75, 3.05) is 6.54 Å². The van der Waals surface area contributed by atoms with Crippen LogP contribution in [0, 0.1) is 0 Å². The largest absolute Gasteiger partial charge is 0.391 e. The number of hydrogen-bond donors (Lipinski definition) is 2. The van der Waals surface area contributed by atoms with Crippen LogP contribution in [0.15, 0.2) is 60.7 Å². The molecule has 3 heteroatoms. The number of carbonyl (C=O) groups excluding carboxylic acids is 1. The first-order valence-corrected chi connectivity index (χ1v) is 7.75. The summed E-state index contributed by atoms with van der Waals surface area (Å²) in [5.41, 5.74) is 2.08. The SMILES string of the molecule is CC[C@H](C(=O)NC[C@@H](O)Cc1ccccc1)c1ccccc1. The van der Waals surface area contributed by atoms with Gasteiger partial charge in [0.15, 0.2) is 0 Å². The molecule has 3 nitrogen and oxygen atoms in total. The third-order valence-electron chi connectivity index (χ3n) is 3.75. The lowest BCUT2D eigenvalue weighted by atomic mass is 9.95. The van der Waals surface area contributed by atoms with E-state index in [9.17, 15) is 9.90 Å². The summed E-state index contributed by atoms with van der Waals surface area (Å²) in [6.07, 6.45) is 0.716. The molecule has 0 aliphatic heterocycles. The zero-order chi connectivity index (χ0) is 15.8. The van der Waals surface area contributed by atoms with Crippen molar-refractivity contribution in [1.82, 2.24) is 5.32 Å². The monoisotopic (exact) mass is 297 g/mol. The van der Waals surface area contributed by atoms with Crippen LogP contribution < -0.4 is 5.32 Å². The number of hydrogen-bond acceptors (Lipinski definition) is 2. The summed E-state index contributed by atoms with van der Waals surface area (Å²) in [5.74, 6) is -0.189. The highest BCUT2D eigenvalue weighted by Crippen LogP contribution is 2.19. The molecular weight excluding hydrogens is 274 g/mol. The maximum atomic E-state index is 12.3. The lowest BCUT2D eigenvalue weighted by molar-refractivity contribution is -0.123. The molecule has 0 aliphatic carbocycles. The Labute approximate surface area is 132 Å². The minimum absolute atomic E-state index is 0.0270. The summed E-state index contributed by atoms with van der Waals surface area (Å²) >= 11 is 0. The number of rotatable bonds is 7. The number of benzene rings is 2. The van der Waals surface area contributed by atoms with Crippen molar-refractivity contribution in [3.8, 4) is 0 Å². The van der Waals surface area contributed by atoms with Gasteiger partial charge < -0.3 is 10.4 Å². The van der Waals surface area contributed by atoms with E-state index in [1.807, 2.05) is 67.6 Å². The standard InChI is InChI=1S/C19H23NO2/c1-2-18(16-11-7-4-8-12-16)19(22)20-14-17(21)13-15-9-5-3-6-10-15/h3-12,17-18,21H,2,13-14H2,1H3,(H,20,22)/t17-,18-/m0/s1. The van der Waals surface area contributed by atoms with Gasteiger partial charge >= 0.3 is 0 Å². The molecule has 22 heavy (non-hydrogen) atoms. The van der Waals surface area contributed by atoms with Crippen LogP contribution in [0.5, 0.6) is 0 Å². The van der Waals surface area contributed by atoms with Crippen LogP contribution in [0.1, 0.15) is 30.4 Å². The quantitative estimate of drug-likeness (QED) is 0.825. The van der Waals surface area contributed by atoms with E-state index in [4.69, 9.17) is 0 Å². The van der Waals surface area contributed by atoms with Crippen molar-refractivity contribution in [1.29, 1.82) is 0 Å². The molecular formula is C19H23NO2. The fraction of sp³-hybridized carbons (Fsp3) is 0.316. The van der Waals surface area contributed by atoms with Crippen LogP contribution in [0.2, 0.25) is 0 Å². The second-order valence-corrected chi connectivity index (χ2v) is 5.46. The van der Waals surface area contributed by atoms with Gasteiger partial charge in [-0.05, 0) is 17.5 Å². The molecule has 0 fully saturated rings. The lowest BCUT2D eigenvalue weighted by Gasteiger charge is -2.17. The highest BCUT2D eigenvalue weighted by Gasteiger charge is 2.18. The van der Waals surface area contributed by atoms with E-state index >= 15 is 0 Å². The Hall–Kier alpha value is -2.13. The van der Waals surface area contributed by atoms with Crippen LogP contribution in [-0.4, -0.2) is 23.7 Å². The van der Waals surface area contributed by atoms with Crippen molar-refractivity contribution >= 4 is 5.91 Å². The molecule has 1 amide bonds. The first kappa shape index (κ1) is 16.2. The molecule has 0 spiro atoms. The molecule has 0 saturated heterocycles. The second kappa shape index (κ2) is 8.35. The molecule has 0 unspecified atom stereocenters. The molecule has 0 saturated carbocycles. The van der Waals surface area contributed by atoms with Crippen molar-refractivity contribution in [2.45, 2.75) is 31.8 Å². The number of aliphatic hydroxyl groups is 1. The van der Waals surface area contributed by atoms with E-state index in [-0.39, 0.29) is 18.4 Å². The number of carbonyl (C=O) groups is 1. The molecule has 2 rings (SSSR count). The van der Waals surface area contributed by atoms with Crippen LogP contribution in [0.25, 0.3) is 0 Å². The first-order chi connectivity index (χ1) is 10.7. The Bertz CT molecular complexity index is 569. The van der Waals surface area contributed by atoms with Crippen LogP contribution in [-0.2, 0) is 11.2 Å². The van der Waals surface area contributed by atoms with Gasteiger partial charge in [0.1, 0.15) is 0 Å². The van der Waals surface area contributed by atoms with Crippen molar-refractivity contribution < 1.29 is 9.90 Å². The molecule has 0 aliphatic rings. The third-order valence-corrected chi connectivity index (χ3v) is 3.75. The maximum Gasteiger partial charge on any atom is 0.227 e. The third kappa shape index (κ3) is 4.71. The minimum Gasteiger partial charge on any atom is -0.391 e. The van der Waals surface area contributed by atoms with Gasteiger partial charge in [0.2, 0.25) is 5.91 Å². The molecule has 2 atom stereocenters. The molecule has 2 aromatic carbocycles. The Balaban J connectivity index is 1.86. The average Bonchev–Trinajstić information content (AvgIpc) is 2.55. The average molecular weight is 297 g/mol. The normalized spacial score (nSPS) is 13.4.